The second-order valence-electron chi connectivity index (χ2n) is 3.80. The Hall–Kier alpha value is -2.17. The summed E-state index contributed by atoms with van der Waals surface area (Å²) in [6.07, 6.45) is 1.72. The molecule has 18 heavy (non-hydrogen) atoms. The van der Waals surface area contributed by atoms with Gasteiger partial charge in [0, 0.05) is 5.56 Å². The van der Waals surface area contributed by atoms with Crippen molar-refractivity contribution in [1.82, 2.24) is 9.97 Å². The fourth-order valence-electron chi connectivity index (χ4n) is 1.52. The highest BCUT2D eigenvalue weighted by atomic mass is 19.1. The van der Waals surface area contributed by atoms with Crippen molar-refractivity contribution in [3.8, 4) is 17.4 Å². The van der Waals surface area contributed by atoms with Crippen LogP contribution in [0.3, 0.4) is 0 Å². The molecule has 0 aliphatic rings. The van der Waals surface area contributed by atoms with Crippen molar-refractivity contribution < 1.29 is 14.2 Å². The number of rotatable bonds is 3. The van der Waals surface area contributed by atoms with E-state index < -0.39 is 5.82 Å². The Morgan fingerprint density at radius 3 is 2.83 bits per heavy atom. The minimum atomic E-state index is -0.567. The number of phenolic OH excluding ortho intramolecular Hbond substituents is 1. The SMILES string of the molecule is CCc1ncnc(Oc2cccc(O)c2C)c1F. The molecule has 1 aromatic carbocycles. The number of ether oxygens (including phenoxy) is 1. The molecule has 2 rings (SSSR count). The van der Waals surface area contributed by atoms with Crippen LogP contribution >= 0.6 is 0 Å². The van der Waals surface area contributed by atoms with Crippen molar-refractivity contribution >= 4 is 0 Å². The van der Waals surface area contributed by atoms with E-state index in [1.807, 2.05) is 0 Å². The van der Waals surface area contributed by atoms with E-state index in [9.17, 15) is 9.50 Å². The second kappa shape index (κ2) is 5.00. The van der Waals surface area contributed by atoms with E-state index in [1.165, 1.54) is 12.4 Å². The van der Waals surface area contributed by atoms with Gasteiger partial charge in [-0.25, -0.2) is 4.98 Å². The Labute approximate surface area is 104 Å². The molecule has 4 nitrogen and oxygen atoms in total. The molecule has 0 saturated heterocycles. The molecule has 5 heteroatoms. The highest BCUT2D eigenvalue weighted by molar-refractivity contribution is 5.44. The molecular weight excluding hydrogens is 235 g/mol. The van der Waals surface area contributed by atoms with Crippen LogP contribution in [0.2, 0.25) is 0 Å². The Bertz CT molecular complexity index is 573. The minimum Gasteiger partial charge on any atom is -0.508 e. The van der Waals surface area contributed by atoms with Crippen LogP contribution in [-0.4, -0.2) is 15.1 Å². The van der Waals surface area contributed by atoms with Gasteiger partial charge in [-0.3, -0.25) is 0 Å². The summed E-state index contributed by atoms with van der Waals surface area (Å²) in [6, 6.07) is 4.80. The van der Waals surface area contributed by atoms with Crippen LogP contribution in [-0.2, 0) is 6.42 Å². The van der Waals surface area contributed by atoms with E-state index in [4.69, 9.17) is 4.74 Å². The summed E-state index contributed by atoms with van der Waals surface area (Å²) < 4.78 is 19.3. The Morgan fingerprint density at radius 1 is 1.33 bits per heavy atom. The summed E-state index contributed by atoms with van der Waals surface area (Å²) >= 11 is 0. The van der Waals surface area contributed by atoms with Gasteiger partial charge in [-0.2, -0.15) is 9.37 Å². The van der Waals surface area contributed by atoms with Gasteiger partial charge in [0.25, 0.3) is 5.88 Å². The van der Waals surface area contributed by atoms with Gasteiger partial charge in [-0.05, 0) is 25.5 Å². The number of aromatic nitrogens is 2. The van der Waals surface area contributed by atoms with Gasteiger partial charge in [-0.15, -0.1) is 0 Å². The van der Waals surface area contributed by atoms with E-state index in [2.05, 4.69) is 9.97 Å². The second-order valence-corrected chi connectivity index (χ2v) is 3.80. The number of benzene rings is 1. The molecule has 0 saturated carbocycles. The quantitative estimate of drug-likeness (QED) is 0.907. The molecule has 0 aliphatic carbocycles. The van der Waals surface area contributed by atoms with Crippen LogP contribution in [0.5, 0.6) is 17.4 Å². The predicted octanol–water partition coefficient (Wildman–Crippen LogP) is 2.98. The summed E-state index contributed by atoms with van der Waals surface area (Å²) in [4.78, 5) is 7.59. The first-order valence-electron chi connectivity index (χ1n) is 5.59. The van der Waals surface area contributed by atoms with Gasteiger partial charge >= 0.3 is 0 Å². The Kier molecular flexibility index (Phi) is 3.41. The average Bonchev–Trinajstić information content (AvgIpc) is 2.37. The van der Waals surface area contributed by atoms with Gasteiger partial charge in [0.2, 0.25) is 5.82 Å². The molecule has 1 aromatic heterocycles. The molecule has 0 unspecified atom stereocenters. The first-order chi connectivity index (χ1) is 8.63. The summed E-state index contributed by atoms with van der Waals surface area (Å²) in [7, 11) is 0. The number of nitrogens with zero attached hydrogens (tertiary/aromatic N) is 2. The van der Waals surface area contributed by atoms with Gasteiger partial charge < -0.3 is 9.84 Å². The fraction of sp³-hybridized carbons (Fsp3) is 0.231. The summed E-state index contributed by atoms with van der Waals surface area (Å²) in [5.41, 5.74) is 0.839. The standard InChI is InChI=1S/C13H13FN2O2/c1-3-9-12(14)13(16-7-15-9)18-11-6-4-5-10(17)8(11)2/h4-7,17H,3H2,1-2H3. The fourth-order valence-corrected chi connectivity index (χ4v) is 1.52. The zero-order valence-corrected chi connectivity index (χ0v) is 10.1. The first kappa shape index (κ1) is 12.3. The highest BCUT2D eigenvalue weighted by Crippen LogP contribution is 2.30. The number of aromatic hydroxyl groups is 1. The molecule has 0 aliphatic heterocycles. The molecule has 0 fully saturated rings. The minimum absolute atomic E-state index is 0.0951. The van der Waals surface area contributed by atoms with Gasteiger partial charge in [0.15, 0.2) is 0 Å². The number of halogens is 1. The molecule has 0 amide bonds. The normalized spacial score (nSPS) is 10.4. The van der Waals surface area contributed by atoms with Crippen molar-refractivity contribution in [3.05, 3.63) is 41.6 Å². The summed E-state index contributed by atoms with van der Waals surface area (Å²) in [6.45, 7) is 3.49. The molecule has 94 valence electrons. The molecule has 0 atom stereocenters. The lowest BCUT2D eigenvalue weighted by molar-refractivity contribution is 0.406. The number of hydrogen-bond acceptors (Lipinski definition) is 4. The molecule has 0 radical (unpaired) electrons. The van der Waals surface area contributed by atoms with Crippen molar-refractivity contribution in [2.45, 2.75) is 20.3 Å². The molecular formula is C13H13FN2O2. The number of hydrogen-bond donors (Lipinski definition) is 1. The lowest BCUT2D eigenvalue weighted by Crippen LogP contribution is -2.00. The monoisotopic (exact) mass is 248 g/mol. The van der Waals surface area contributed by atoms with E-state index in [0.717, 1.165) is 0 Å². The van der Waals surface area contributed by atoms with Crippen molar-refractivity contribution in [2.75, 3.05) is 0 Å². The average molecular weight is 248 g/mol. The van der Waals surface area contributed by atoms with Crippen molar-refractivity contribution in [2.24, 2.45) is 0 Å². The molecule has 0 spiro atoms. The topological polar surface area (TPSA) is 55.2 Å². The lowest BCUT2D eigenvalue weighted by Gasteiger charge is -2.10. The zero-order chi connectivity index (χ0) is 13.1. The van der Waals surface area contributed by atoms with E-state index in [0.29, 0.717) is 23.4 Å². The number of aryl methyl sites for hydroxylation is 1. The smallest absolute Gasteiger partial charge is 0.259 e. The molecule has 1 heterocycles. The molecule has 2 aromatic rings. The lowest BCUT2D eigenvalue weighted by atomic mass is 10.2. The van der Waals surface area contributed by atoms with Crippen molar-refractivity contribution in [3.63, 3.8) is 0 Å². The van der Waals surface area contributed by atoms with Crippen molar-refractivity contribution in [1.29, 1.82) is 0 Å². The van der Waals surface area contributed by atoms with E-state index in [-0.39, 0.29) is 11.6 Å². The van der Waals surface area contributed by atoms with Gasteiger partial charge in [0.05, 0.1) is 5.69 Å². The Balaban J connectivity index is 2.37. The third kappa shape index (κ3) is 2.25. The van der Waals surface area contributed by atoms with Crippen LogP contribution in [0.25, 0.3) is 0 Å². The maximum absolute atomic E-state index is 13.9. The van der Waals surface area contributed by atoms with Crippen LogP contribution in [0, 0.1) is 12.7 Å². The van der Waals surface area contributed by atoms with Crippen LogP contribution in [0.1, 0.15) is 18.2 Å². The maximum Gasteiger partial charge on any atom is 0.259 e. The van der Waals surface area contributed by atoms with Crippen LogP contribution < -0.4 is 4.74 Å². The summed E-state index contributed by atoms with van der Waals surface area (Å²) in [5, 5.41) is 9.54. The third-order valence-corrected chi connectivity index (χ3v) is 2.63. The van der Waals surface area contributed by atoms with Crippen LogP contribution in [0.4, 0.5) is 4.39 Å². The van der Waals surface area contributed by atoms with Crippen LogP contribution in [0.15, 0.2) is 24.5 Å². The maximum atomic E-state index is 13.9. The third-order valence-electron chi connectivity index (χ3n) is 2.63. The van der Waals surface area contributed by atoms with Gasteiger partial charge in [0.1, 0.15) is 17.8 Å². The molecule has 0 bridgehead atoms. The largest absolute Gasteiger partial charge is 0.508 e. The summed E-state index contributed by atoms with van der Waals surface area (Å²) in [5.74, 6) is -0.231. The van der Waals surface area contributed by atoms with E-state index >= 15 is 0 Å². The zero-order valence-electron chi connectivity index (χ0n) is 10.1. The van der Waals surface area contributed by atoms with Gasteiger partial charge in [-0.1, -0.05) is 13.0 Å². The predicted molar refractivity (Wildman–Crippen MR) is 64.3 cm³/mol. The first-order valence-corrected chi connectivity index (χ1v) is 5.59. The Morgan fingerprint density at radius 2 is 2.11 bits per heavy atom. The number of phenols is 1. The molecule has 1 N–H and O–H groups in total. The van der Waals surface area contributed by atoms with E-state index in [1.54, 1.807) is 26.0 Å². The highest BCUT2D eigenvalue weighted by Gasteiger charge is 2.13.